The van der Waals surface area contributed by atoms with Gasteiger partial charge in [-0.2, -0.15) is 0 Å². The minimum Gasteiger partial charge on any atom is -0.481 e. The molecule has 0 heterocycles. The lowest BCUT2D eigenvalue weighted by Gasteiger charge is -2.31. The largest absolute Gasteiger partial charge is 0.481 e. The zero-order valence-corrected chi connectivity index (χ0v) is 11.6. The monoisotopic (exact) mass is 248 g/mol. The molecule has 0 radical (unpaired) electrons. The lowest BCUT2D eigenvalue weighted by molar-refractivity contribution is -0.144. The minimum atomic E-state index is -0.726. The van der Waals surface area contributed by atoms with Gasteiger partial charge in [0.2, 0.25) is 0 Å². The highest BCUT2D eigenvalue weighted by molar-refractivity contribution is 5.81. The average molecular weight is 248 g/mol. The zero-order chi connectivity index (χ0) is 13.6. The lowest BCUT2D eigenvalue weighted by Crippen LogP contribution is -2.37. The van der Waals surface area contributed by atoms with Crippen LogP contribution in [0.3, 0.4) is 0 Å². The van der Waals surface area contributed by atoms with Crippen LogP contribution in [-0.2, 0) is 10.2 Å². The van der Waals surface area contributed by atoms with Gasteiger partial charge in [-0.15, -0.1) is 0 Å². The van der Waals surface area contributed by atoms with E-state index in [1.807, 2.05) is 37.3 Å². The fourth-order valence-corrected chi connectivity index (χ4v) is 2.78. The molecule has 1 N–H and O–H groups in total. The molecule has 0 saturated carbocycles. The molecule has 2 heteroatoms. The summed E-state index contributed by atoms with van der Waals surface area (Å²) < 4.78 is 0. The summed E-state index contributed by atoms with van der Waals surface area (Å²) in [5.41, 5.74) is 0.207. The van der Waals surface area contributed by atoms with Gasteiger partial charge in [-0.25, -0.2) is 0 Å². The highest BCUT2D eigenvalue weighted by Crippen LogP contribution is 2.36. The Hall–Kier alpha value is -1.31. The van der Waals surface area contributed by atoms with E-state index in [9.17, 15) is 9.90 Å². The van der Waals surface area contributed by atoms with E-state index < -0.39 is 11.4 Å². The first-order valence-electron chi connectivity index (χ1n) is 6.85. The molecule has 0 aliphatic carbocycles. The number of carbonyl (C=O) groups is 1. The summed E-state index contributed by atoms with van der Waals surface area (Å²) in [4.78, 5) is 11.8. The van der Waals surface area contributed by atoms with Crippen LogP contribution in [0.2, 0.25) is 0 Å². The summed E-state index contributed by atoms with van der Waals surface area (Å²) in [6, 6.07) is 9.66. The quantitative estimate of drug-likeness (QED) is 0.783. The molecule has 0 bridgehead atoms. The van der Waals surface area contributed by atoms with Gasteiger partial charge in [-0.05, 0) is 24.3 Å². The molecule has 1 aromatic rings. The van der Waals surface area contributed by atoms with Crippen LogP contribution in [0.15, 0.2) is 30.3 Å². The molecule has 1 rings (SSSR count). The van der Waals surface area contributed by atoms with Crippen LogP contribution in [0.4, 0.5) is 0 Å². The van der Waals surface area contributed by atoms with Crippen molar-refractivity contribution in [2.24, 2.45) is 5.92 Å². The van der Waals surface area contributed by atoms with Crippen LogP contribution in [-0.4, -0.2) is 11.1 Å². The topological polar surface area (TPSA) is 37.3 Å². The number of aliphatic carboxylic acids is 1. The molecule has 2 atom stereocenters. The number of hydrogen-bond acceptors (Lipinski definition) is 1. The van der Waals surface area contributed by atoms with Gasteiger partial charge in [-0.3, -0.25) is 4.79 Å². The molecule has 2 nitrogen and oxygen atoms in total. The Bertz CT molecular complexity index is 372. The molecular weight excluding hydrogens is 224 g/mol. The van der Waals surface area contributed by atoms with E-state index in [0.717, 1.165) is 24.8 Å². The van der Waals surface area contributed by atoms with Gasteiger partial charge in [0.05, 0.1) is 5.41 Å². The minimum absolute atomic E-state index is 0.436. The molecule has 0 aliphatic rings. The van der Waals surface area contributed by atoms with Crippen LogP contribution < -0.4 is 0 Å². The van der Waals surface area contributed by atoms with E-state index in [4.69, 9.17) is 0 Å². The third-order valence-corrected chi connectivity index (χ3v) is 3.82. The predicted molar refractivity (Wildman–Crippen MR) is 74.7 cm³/mol. The Kier molecular flexibility index (Phi) is 5.39. The lowest BCUT2D eigenvalue weighted by atomic mass is 9.71. The summed E-state index contributed by atoms with van der Waals surface area (Å²) >= 11 is 0. The van der Waals surface area contributed by atoms with E-state index in [-0.39, 0.29) is 0 Å². The fraction of sp³-hybridized carbons (Fsp3) is 0.562. The second-order valence-corrected chi connectivity index (χ2v) is 5.20. The van der Waals surface area contributed by atoms with Gasteiger partial charge in [0.15, 0.2) is 0 Å². The molecule has 0 saturated heterocycles. The highest BCUT2D eigenvalue weighted by Gasteiger charge is 2.39. The zero-order valence-electron chi connectivity index (χ0n) is 11.6. The number of benzene rings is 1. The molecule has 0 spiro atoms. The van der Waals surface area contributed by atoms with E-state index in [1.165, 1.54) is 0 Å². The Morgan fingerprint density at radius 1 is 1.28 bits per heavy atom. The summed E-state index contributed by atoms with van der Waals surface area (Å²) in [5.74, 6) is -0.259. The second kappa shape index (κ2) is 6.58. The van der Waals surface area contributed by atoms with Crippen LogP contribution in [0.1, 0.15) is 52.0 Å². The molecule has 18 heavy (non-hydrogen) atoms. The molecular formula is C16H24O2. The molecule has 0 fully saturated rings. The molecule has 1 aromatic carbocycles. The highest BCUT2D eigenvalue weighted by atomic mass is 16.4. The van der Waals surface area contributed by atoms with Crippen LogP contribution in [0.25, 0.3) is 0 Å². The summed E-state index contributed by atoms with van der Waals surface area (Å²) in [7, 11) is 0. The van der Waals surface area contributed by atoms with Gasteiger partial charge < -0.3 is 5.11 Å². The van der Waals surface area contributed by atoms with Crippen LogP contribution in [0, 0.1) is 5.92 Å². The smallest absolute Gasteiger partial charge is 0.314 e. The fourth-order valence-electron chi connectivity index (χ4n) is 2.78. The van der Waals surface area contributed by atoms with Gasteiger partial charge in [0.1, 0.15) is 0 Å². The van der Waals surface area contributed by atoms with Crippen molar-refractivity contribution in [2.45, 2.75) is 51.9 Å². The van der Waals surface area contributed by atoms with Gasteiger partial charge in [0.25, 0.3) is 0 Å². The van der Waals surface area contributed by atoms with Crippen molar-refractivity contribution in [3.05, 3.63) is 35.9 Å². The van der Waals surface area contributed by atoms with E-state index in [2.05, 4.69) is 13.8 Å². The second-order valence-electron chi connectivity index (χ2n) is 5.20. The number of carboxylic acid groups (broad SMARTS) is 1. The first-order chi connectivity index (χ1) is 8.56. The maximum atomic E-state index is 11.8. The Morgan fingerprint density at radius 2 is 1.89 bits per heavy atom. The van der Waals surface area contributed by atoms with Gasteiger partial charge in [-0.1, -0.05) is 63.9 Å². The molecule has 0 amide bonds. The summed E-state index contributed by atoms with van der Waals surface area (Å²) in [6.07, 6.45) is 3.55. The number of rotatable bonds is 7. The third kappa shape index (κ3) is 3.12. The SMILES string of the molecule is CCCC(C)CC(CC)(C(=O)O)c1ccccc1. The Labute approximate surface area is 110 Å². The predicted octanol–water partition coefficient (Wildman–Crippen LogP) is 4.25. The summed E-state index contributed by atoms with van der Waals surface area (Å²) in [5, 5.41) is 9.69. The van der Waals surface area contributed by atoms with Crippen molar-refractivity contribution < 1.29 is 9.90 Å². The van der Waals surface area contributed by atoms with E-state index in [0.29, 0.717) is 12.3 Å². The van der Waals surface area contributed by atoms with E-state index in [1.54, 1.807) is 0 Å². The summed E-state index contributed by atoms with van der Waals surface area (Å²) in [6.45, 7) is 6.27. The van der Waals surface area contributed by atoms with Gasteiger partial charge >= 0.3 is 5.97 Å². The standard InChI is InChI=1S/C16H24O2/c1-4-9-13(3)12-16(5-2,15(17)18)14-10-7-6-8-11-14/h6-8,10-11,13H,4-5,9,12H2,1-3H3,(H,17,18). The maximum Gasteiger partial charge on any atom is 0.314 e. The van der Waals surface area contributed by atoms with Gasteiger partial charge in [0, 0.05) is 0 Å². The first kappa shape index (κ1) is 14.7. The van der Waals surface area contributed by atoms with Crippen molar-refractivity contribution in [1.82, 2.24) is 0 Å². The molecule has 2 unspecified atom stereocenters. The average Bonchev–Trinajstić information content (AvgIpc) is 2.37. The van der Waals surface area contributed by atoms with Crippen LogP contribution in [0.5, 0.6) is 0 Å². The van der Waals surface area contributed by atoms with Crippen LogP contribution >= 0.6 is 0 Å². The molecule has 0 aromatic heterocycles. The maximum absolute atomic E-state index is 11.8. The molecule has 0 aliphatic heterocycles. The van der Waals surface area contributed by atoms with E-state index >= 15 is 0 Å². The Morgan fingerprint density at radius 3 is 2.33 bits per heavy atom. The third-order valence-electron chi connectivity index (χ3n) is 3.82. The first-order valence-corrected chi connectivity index (χ1v) is 6.85. The van der Waals surface area contributed by atoms with Crippen molar-refractivity contribution in [3.63, 3.8) is 0 Å². The van der Waals surface area contributed by atoms with Crippen molar-refractivity contribution in [2.75, 3.05) is 0 Å². The number of hydrogen-bond donors (Lipinski definition) is 1. The Balaban J connectivity index is 3.06. The number of carboxylic acids is 1. The van der Waals surface area contributed by atoms with Crippen molar-refractivity contribution in [1.29, 1.82) is 0 Å². The normalized spacial score (nSPS) is 15.9. The van der Waals surface area contributed by atoms with Crippen molar-refractivity contribution in [3.8, 4) is 0 Å². The molecule has 100 valence electrons. The van der Waals surface area contributed by atoms with Crippen molar-refractivity contribution >= 4 is 5.97 Å².